The Balaban J connectivity index is 1.59. The summed E-state index contributed by atoms with van der Waals surface area (Å²) in [6.45, 7) is 5.25. The molecule has 22 heavy (non-hydrogen) atoms. The first-order valence-corrected chi connectivity index (χ1v) is 8.27. The molecule has 1 N–H and O–H groups in total. The number of aryl methyl sites for hydroxylation is 1. The van der Waals surface area contributed by atoms with Crippen LogP contribution in [0.1, 0.15) is 43.1 Å². The number of hydrogen-bond donors (Lipinski definition) is 1. The summed E-state index contributed by atoms with van der Waals surface area (Å²) in [6, 6.07) is 11.5. The number of nitrogens with zero attached hydrogens (tertiary/aromatic N) is 2. The third-order valence-corrected chi connectivity index (χ3v) is 5.09. The zero-order chi connectivity index (χ0) is 15.4. The minimum atomic E-state index is 0.320. The van der Waals surface area contributed by atoms with Gasteiger partial charge in [-0.1, -0.05) is 36.8 Å². The minimum Gasteiger partial charge on any atom is -0.313 e. The van der Waals surface area contributed by atoms with Gasteiger partial charge in [-0.05, 0) is 32.3 Å². The van der Waals surface area contributed by atoms with Crippen molar-refractivity contribution < 1.29 is 0 Å². The van der Waals surface area contributed by atoms with Crippen molar-refractivity contribution in [3.8, 4) is 0 Å². The van der Waals surface area contributed by atoms with Crippen molar-refractivity contribution >= 4 is 0 Å². The molecule has 0 spiro atoms. The summed E-state index contributed by atoms with van der Waals surface area (Å²) in [6.07, 6.45) is 8.58. The van der Waals surface area contributed by atoms with Gasteiger partial charge in [0, 0.05) is 36.8 Å². The second kappa shape index (κ2) is 6.57. The van der Waals surface area contributed by atoms with Gasteiger partial charge in [-0.2, -0.15) is 0 Å². The highest BCUT2D eigenvalue weighted by molar-refractivity contribution is 5.30. The number of benzene rings is 1. The number of nitrogens with one attached hydrogen (secondary N) is 1. The molecule has 1 unspecified atom stereocenters. The summed E-state index contributed by atoms with van der Waals surface area (Å²) in [7, 11) is 0. The average molecular weight is 295 g/mol. The predicted octanol–water partition coefficient (Wildman–Crippen LogP) is 3.43. The molecule has 0 radical (unpaired) electrons. The molecule has 2 aromatic rings. The first-order valence-electron chi connectivity index (χ1n) is 8.27. The molecular weight excluding hydrogens is 270 g/mol. The van der Waals surface area contributed by atoms with Crippen molar-refractivity contribution in [3.05, 3.63) is 59.7 Å². The molecule has 0 aliphatic heterocycles. The van der Waals surface area contributed by atoms with Crippen LogP contribution in [0.25, 0.3) is 0 Å². The Morgan fingerprint density at radius 2 is 1.91 bits per heavy atom. The third kappa shape index (κ3) is 3.05. The number of rotatable bonds is 6. The molecule has 1 heterocycles. The maximum atomic E-state index is 4.43. The van der Waals surface area contributed by atoms with Crippen LogP contribution in [-0.2, 0) is 11.8 Å². The van der Waals surface area contributed by atoms with Gasteiger partial charge in [0.2, 0.25) is 0 Å². The van der Waals surface area contributed by atoms with Crippen molar-refractivity contribution in [1.29, 1.82) is 0 Å². The second-order valence-electron chi connectivity index (χ2n) is 6.45. The SMILES string of the molecule is Cc1cnc(CCNC(C)C2(c3ccccc3)CCC2)cn1. The summed E-state index contributed by atoms with van der Waals surface area (Å²) in [4.78, 5) is 8.74. The van der Waals surface area contributed by atoms with Crippen molar-refractivity contribution in [3.63, 3.8) is 0 Å². The lowest BCUT2D eigenvalue weighted by Gasteiger charge is -2.47. The predicted molar refractivity (Wildman–Crippen MR) is 89.9 cm³/mol. The highest BCUT2D eigenvalue weighted by Crippen LogP contribution is 2.46. The Kier molecular flexibility index (Phi) is 4.53. The zero-order valence-corrected chi connectivity index (χ0v) is 13.5. The molecule has 1 aromatic heterocycles. The van der Waals surface area contributed by atoms with Crippen molar-refractivity contribution in [2.24, 2.45) is 0 Å². The Labute approximate surface area is 133 Å². The molecule has 0 saturated heterocycles. The van der Waals surface area contributed by atoms with Gasteiger partial charge in [-0.25, -0.2) is 0 Å². The van der Waals surface area contributed by atoms with E-state index in [9.17, 15) is 0 Å². The van der Waals surface area contributed by atoms with E-state index in [2.05, 4.69) is 52.5 Å². The van der Waals surface area contributed by atoms with Crippen LogP contribution in [0, 0.1) is 6.92 Å². The normalized spacial score (nSPS) is 17.7. The van der Waals surface area contributed by atoms with Gasteiger partial charge in [0.15, 0.2) is 0 Å². The standard InChI is InChI=1S/C19H25N3/c1-15-13-22-18(14-21-15)9-12-20-16(2)19(10-6-11-19)17-7-4-3-5-8-17/h3-5,7-8,13-14,16,20H,6,9-12H2,1-2H3. The van der Waals surface area contributed by atoms with Crippen molar-refractivity contribution in [2.45, 2.75) is 51.0 Å². The summed E-state index contributed by atoms with van der Waals surface area (Å²) in [5, 5.41) is 3.72. The van der Waals surface area contributed by atoms with Crippen LogP contribution in [0.3, 0.4) is 0 Å². The summed E-state index contributed by atoms with van der Waals surface area (Å²) in [5.74, 6) is 0. The van der Waals surface area contributed by atoms with Crippen LogP contribution in [0.15, 0.2) is 42.7 Å². The quantitative estimate of drug-likeness (QED) is 0.887. The first-order chi connectivity index (χ1) is 10.7. The Morgan fingerprint density at radius 1 is 1.14 bits per heavy atom. The van der Waals surface area contributed by atoms with Gasteiger partial charge < -0.3 is 5.32 Å². The maximum absolute atomic E-state index is 4.43. The van der Waals surface area contributed by atoms with Gasteiger partial charge in [0.1, 0.15) is 0 Å². The topological polar surface area (TPSA) is 37.8 Å². The largest absolute Gasteiger partial charge is 0.313 e. The van der Waals surface area contributed by atoms with E-state index in [0.29, 0.717) is 11.5 Å². The Morgan fingerprint density at radius 3 is 2.50 bits per heavy atom. The van der Waals surface area contributed by atoms with Crippen LogP contribution < -0.4 is 5.32 Å². The third-order valence-electron chi connectivity index (χ3n) is 5.09. The lowest BCUT2D eigenvalue weighted by molar-refractivity contribution is 0.179. The molecule has 116 valence electrons. The number of hydrogen-bond acceptors (Lipinski definition) is 3. The highest BCUT2D eigenvalue weighted by Gasteiger charge is 2.42. The summed E-state index contributed by atoms with van der Waals surface area (Å²) in [5.41, 5.74) is 3.84. The molecular formula is C19H25N3. The van der Waals surface area contributed by atoms with Gasteiger partial charge >= 0.3 is 0 Å². The van der Waals surface area contributed by atoms with E-state index in [1.54, 1.807) is 0 Å². The fourth-order valence-electron chi connectivity index (χ4n) is 3.46. The van der Waals surface area contributed by atoms with E-state index in [1.807, 2.05) is 19.3 Å². The van der Waals surface area contributed by atoms with Crippen LogP contribution in [0.4, 0.5) is 0 Å². The van der Waals surface area contributed by atoms with Gasteiger partial charge in [0.25, 0.3) is 0 Å². The van der Waals surface area contributed by atoms with E-state index in [4.69, 9.17) is 0 Å². The molecule has 3 rings (SSSR count). The molecule has 0 bridgehead atoms. The van der Waals surface area contributed by atoms with E-state index >= 15 is 0 Å². The van der Waals surface area contributed by atoms with Crippen LogP contribution in [0.2, 0.25) is 0 Å². The van der Waals surface area contributed by atoms with E-state index in [1.165, 1.54) is 24.8 Å². The van der Waals surface area contributed by atoms with Crippen LogP contribution >= 0.6 is 0 Å². The fourth-order valence-corrected chi connectivity index (χ4v) is 3.46. The highest BCUT2D eigenvalue weighted by atomic mass is 14.9. The molecule has 3 nitrogen and oxygen atoms in total. The monoisotopic (exact) mass is 295 g/mol. The molecule has 1 aromatic carbocycles. The molecule has 1 aliphatic carbocycles. The lowest BCUT2D eigenvalue weighted by Crippen LogP contribution is -2.51. The van der Waals surface area contributed by atoms with Crippen LogP contribution in [-0.4, -0.2) is 22.6 Å². The fraction of sp³-hybridized carbons (Fsp3) is 0.474. The molecule has 1 fully saturated rings. The first kappa shape index (κ1) is 15.2. The average Bonchev–Trinajstić information content (AvgIpc) is 2.49. The number of aromatic nitrogens is 2. The molecule has 3 heteroatoms. The van der Waals surface area contributed by atoms with Gasteiger partial charge in [0.05, 0.1) is 11.4 Å². The smallest absolute Gasteiger partial charge is 0.0599 e. The van der Waals surface area contributed by atoms with Crippen LogP contribution in [0.5, 0.6) is 0 Å². The Bertz CT molecular complexity index is 588. The van der Waals surface area contributed by atoms with E-state index in [-0.39, 0.29) is 0 Å². The van der Waals surface area contributed by atoms with Crippen molar-refractivity contribution in [2.75, 3.05) is 6.54 Å². The Hall–Kier alpha value is -1.74. The maximum Gasteiger partial charge on any atom is 0.0599 e. The molecule has 1 atom stereocenters. The van der Waals surface area contributed by atoms with E-state index < -0.39 is 0 Å². The van der Waals surface area contributed by atoms with Crippen molar-refractivity contribution in [1.82, 2.24) is 15.3 Å². The van der Waals surface area contributed by atoms with E-state index in [0.717, 1.165) is 24.4 Å². The molecule has 1 aliphatic rings. The minimum absolute atomic E-state index is 0.320. The second-order valence-corrected chi connectivity index (χ2v) is 6.45. The zero-order valence-electron chi connectivity index (χ0n) is 13.5. The van der Waals surface area contributed by atoms with Gasteiger partial charge in [-0.3, -0.25) is 9.97 Å². The molecule has 1 saturated carbocycles. The summed E-state index contributed by atoms with van der Waals surface area (Å²) < 4.78 is 0. The summed E-state index contributed by atoms with van der Waals surface area (Å²) >= 11 is 0. The van der Waals surface area contributed by atoms with Gasteiger partial charge in [-0.15, -0.1) is 0 Å². The molecule has 0 amide bonds. The lowest BCUT2D eigenvalue weighted by atomic mass is 9.60.